The van der Waals surface area contributed by atoms with Crippen molar-refractivity contribution < 1.29 is 29.3 Å². The van der Waals surface area contributed by atoms with E-state index in [4.69, 9.17) is 4.74 Å². The molecule has 3 saturated heterocycles. The predicted molar refractivity (Wildman–Crippen MR) is 133 cm³/mol. The minimum Gasteiger partial charge on any atom is -0.481 e. The van der Waals surface area contributed by atoms with Crippen LogP contribution in [-0.2, 0) is 19.1 Å². The molecule has 2 amide bonds. The van der Waals surface area contributed by atoms with Gasteiger partial charge in [0.25, 0.3) is 5.91 Å². The van der Waals surface area contributed by atoms with Crippen LogP contribution in [-0.4, -0.2) is 75.2 Å². The molecule has 0 aromatic heterocycles. The minimum absolute atomic E-state index is 0.136. The first kappa shape index (κ1) is 24.0. The van der Waals surface area contributed by atoms with Crippen molar-refractivity contribution in [3.05, 3.63) is 55.1 Å². The van der Waals surface area contributed by atoms with Crippen molar-refractivity contribution in [3.8, 4) is 0 Å². The second-order valence-electron chi connectivity index (χ2n) is 9.38. The normalized spacial score (nSPS) is 31.1. The van der Waals surface area contributed by atoms with E-state index in [0.29, 0.717) is 12.1 Å². The Morgan fingerprint density at radius 1 is 1.26 bits per heavy atom. The highest BCUT2D eigenvalue weighted by Gasteiger charge is 2.76. The number of carbonyl (C=O) groups excluding carboxylic acids is 2. The third kappa shape index (κ3) is 3.59. The van der Waals surface area contributed by atoms with Crippen molar-refractivity contribution in [2.45, 2.75) is 35.4 Å². The highest BCUT2D eigenvalue weighted by Crippen LogP contribution is 2.60. The third-order valence-electron chi connectivity index (χ3n) is 7.49. The molecule has 1 spiro atoms. The lowest BCUT2D eigenvalue weighted by Gasteiger charge is -2.37. The highest BCUT2D eigenvalue weighted by molar-refractivity contribution is 9.09. The van der Waals surface area contributed by atoms with E-state index in [1.807, 2.05) is 42.5 Å². The van der Waals surface area contributed by atoms with E-state index in [0.717, 1.165) is 10.8 Å². The minimum atomic E-state index is -1.25. The Hall–Kier alpha value is -2.75. The molecule has 3 aliphatic rings. The van der Waals surface area contributed by atoms with Gasteiger partial charge in [-0.05, 0) is 35.7 Å². The number of rotatable bonds is 8. The molecule has 0 aliphatic carbocycles. The number of alkyl halides is 1. The van der Waals surface area contributed by atoms with Crippen molar-refractivity contribution in [1.82, 2.24) is 4.90 Å². The molecule has 5 rings (SSSR count). The van der Waals surface area contributed by atoms with Gasteiger partial charge in [-0.15, -0.1) is 6.58 Å². The van der Waals surface area contributed by atoms with Crippen molar-refractivity contribution in [2.24, 2.45) is 11.8 Å². The summed E-state index contributed by atoms with van der Waals surface area (Å²) in [5.74, 6) is -3.84. The number of aliphatic carboxylic acids is 1. The number of benzene rings is 2. The maximum absolute atomic E-state index is 14.3. The summed E-state index contributed by atoms with van der Waals surface area (Å²) in [7, 11) is 0. The molecular weight excluding hydrogens is 516 g/mol. The molecule has 3 fully saturated rings. The van der Waals surface area contributed by atoms with E-state index >= 15 is 0 Å². The van der Waals surface area contributed by atoms with Crippen molar-refractivity contribution in [1.29, 1.82) is 0 Å². The zero-order valence-electron chi connectivity index (χ0n) is 19.0. The molecule has 3 heterocycles. The van der Waals surface area contributed by atoms with Crippen LogP contribution in [0.2, 0.25) is 0 Å². The van der Waals surface area contributed by atoms with Gasteiger partial charge in [0.1, 0.15) is 11.6 Å². The van der Waals surface area contributed by atoms with Crippen LogP contribution in [0, 0.1) is 11.8 Å². The second kappa shape index (κ2) is 9.04. The molecule has 1 unspecified atom stereocenters. The number of amides is 2. The number of halogens is 1. The van der Waals surface area contributed by atoms with E-state index in [-0.39, 0.29) is 36.9 Å². The van der Waals surface area contributed by atoms with E-state index in [1.54, 1.807) is 11.0 Å². The lowest BCUT2D eigenvalue weighted by Crippen LogP contribution is -2.57. The van der Waals surface area contributed by atoms with Crippen LogP contribution in [0.15, 0.2) is 55.1 Å². The zero-order chi connectivity index (χ0) is 24.9. The Kier molecular flexibility index (Phi) is 6.19. The van der Waals surface area contributed by atoms with Gasteiger partial charge in [0.15, 0.2) is 0 Å². The lowest BCUT2D eigenvalue weighted by molar-refractivity contribution is -0.149. The number of aliphatic hydroxyl groups excluding tert-OH is 1. The van der Waals surface area contributed by atoms with E-state index < -0.39 is 41.5 Å². The zero-order valence-corrected chi connectivity index (χ0v) is 20.6. The van der Waals surface area contributed by atoms with Crippen molar-refractivity contribution in [2.75, 3.05) is 24.6 Å². The summed E-state index contributed by atoms with van der Waals surface area (Å²) in [4.78, 5) is 42.8. The van der Waals surface area contributed by atoms with Gasteiger partial charge in [0, 0.05) is 30.2 Å². The summed E-state index contributed by atoms with van der Waals surface area (Å²) in [6.07, 6.45) is 1.56. The molecule has 35 heavy (non-hydrogen) atoms. The lowest BCUT2D eigenvalue weighted by atomic mass is 9.70. The van der Waals surface area contributed by atoms with Crippen LogP contribution >= 0.6 is 15.9 Å². The number of carbonyl (C=O) groups is 3. The molecule has 2 bridgehead atoms. The number of anilines is 1. The SMILES string of the molecule is C=CCN(C(=O)[C@@H]1N(CCCO)C(=O)[C@H]2[C@H](C(=O)O)[C@H]3O[C@@]12CC3Br)c1ccc2ccccc2c1. The summed E-state index contributed by atoms with van der Waals surface area (Å²) in [6.45, 7) is 4.00. The molecule has 2 aromatic rings. The molecule has 0 saturated carbocycles. The highest BCUT2D eigenvalue weighted by atomic mass is 79.9. The Bertz CT molecular complexity index is 1200. The Morgan fingerprint density at radius 3 is 2.69 bits per heavy atom. The molecule has 9 heteroatoms. The number of hydrogen-bond donors (Lipinski definition) is 2. The first-order valence-electron chi connectivity index (χ1n) is 11.7. The maximum atomic E-state index is 14.3. The van der Waals surface area contributed by atoms with Crippen LogP contribution in [0.5, 0.6) is 0 Å². The Morgan fingerprint density at radius 2 is 2.00 bits per heavy atom. The average molecular weight is 543 g/mol. The van der Waals surface area contributed by atoms with E-state index in [2.05, 4.69) is 22.5 Å². The molecule has 3 aliphatic heterocycles. The number of hydrogen-bond acceptors (Lipinski definition) is 5. The molecule has 2 aromatic carbocycles. The number of likely N-dealkylation sites (tertiary alicyclic amines) is 1. The molecule has 184 valence electrons. The van der Waals surface area contributed by atoms with Gasteiger partial charge in [-0.25, -0.2) is 0 Å². The quantitative estimate of drug-likeness (QED) is 0.392. The van der Waals surface area contributed by atoms with Gasteiger partial charge < -0.3 is 24.7 Å². The first-order chi connectivity index (χ1) is 16.8. The summed E-state index contributed by atoms with van der Waals surface area (Å²) in [5, 5.41) is 21.4. The van der Waals surface area contributed by atoms with Gasteiger partial charge in [-0.2, -0.15) is 0 Å². The summed E-state index contributed by atoms with van der Waals surface area (Å²) >= 11 is 3.55. The van der Waals surface area contributed by atoms with E-state index in [9.17, 15) is 24.6 Å². The number of fused-ring (bicyclic) bond motifs is 2. The average Bonchev–Trinajstić information content (AvgIpc) is 3.44. The maximum Gasteiger partial charge on any atom is 0.310 e. The van der Waals surface area contributed by atoms with Crippen LogP contribution in [0.4, 0.5) is 5.69 Å². The van der Waals surface area contributed by atoms with E-state index in [1.165, 1.54) is 4.90 Å². The molecule has 8 nitrogen and oxygen atoms in total. The molecule has 2 N–H and O–H groups in total. The largest absolute Gasteiger partial charge is 0.481 e. The van der Waals surface area contributed by atoms with Crippen molar-refractivity contribution in [3.63, 3.8) is 0 Å². The van der Waals surface area contributed by atoms with Gasteiger partial charge in [0.2, 0.25) is 5.91 Å². The van der Waals surface area contributed by atoms with Gasteiger partial charge in [-0.3, -0.25) is 14.4 Å². The Balaban J connectivity index is 1.59. The molecule has 6 atom stereocenters. The third-order valence-corrected chi connectivity index (χ3v) is 8.33. The summed E-state index contributed by atoms with van der Waals surface area (Å²) in [5.41, 5.74) is -0.595. The topological polar surface area (TPSA) is 107 Å². The number of nitrogens with zero attached hydrogens (tertiary/aromatic N) is 2. The smallest absolute Gasteiger partial charge is 0.310 e. The fraction of sp³-hybridized carbons (Fsp3) is 0.423. The van der Waals surface area contributed by atoms with Gasteiger partial charge in [-0.1, -0.05) is 52.3 Å². The molecular formula is C26H27BrN2O6. The number of aliphatic hydroxyl groups is 1. The number of carboxylic acids is 1. The monoisotopic (exact) mass is 542 g/mol. The fourth-order valence-electron chi connectivity index (χ4n) is 6.12. The number of ether oxygens (including phenoxy) is 1. The Labute approximate surface area is 211 Å². The predicted octanol–water partition coefficient (Wildman–Crippen LogP) is 2.57. The first-order valence-corrected chi connectivity index (χ1v) is 12.6. The van der Waals surface area contributed by atoms with Crippen LogP contribution < -0.4 is 4.90 Å². The van der Waals surface area contributed by atoms with Gasteiger partial charge in [0.05, 0.1) is 17.9 Å². The number of carboxylic acid groups (broad SMARTS) is 1. The second-order valence-corrected chi connectivity index (χ2v) is 10.6. The van der Waals surface area contributed by atoms with Crippen molar-refractivity contribution >= 4 is 50.2 Å². The van der Waals surface area contributed by atoms with Crippen LogP contribution in [0.3, 0.4) is 0 Å². The van der Waals surface area contributed by atoms with Crippen LogP contribution in [0.25, 0.3) is 10.8 Å². The standard InChI is InChI=1S/C26H27BrN2O6/c1-2-10-28(17-9-8-15-6-3-4-7-16(15)13-17)24(32)22-26-14-18(27)21(35-26)19(25(33)34)20(26)23(31)29(22)11-5-12-30/h2-4,6-9,13,18-22,30H,1,5,10-12,14H2,(H,33,34)/t18?,19-,20+,21-,22-,26+/m0/s1. The molecule has 0 radical (unpaired) electrons. The van der Waals surface area contributed by atoms with Crippen LogP contribution in [0.1, 0.15) is 12.8 Å². The summed E-state index contributed by atoms with van der Waals surface area (Å²) in [6, 6.07) is 12.5. The summed E-state index contributed by atoms with van der Waals surface area (Å²) < 4.78 is 6.29. The fourth-order valence-corrected chi connectivity index (χ4v) is 7.06. The van der Waals surface area contributed by atoms with Gasteiger partial charge >= 0.3 is 5.97 Å².